The van der Waals surface area contributed by atoms with E-state index in [2.05, 4.69) is 4.74 Å². The molecule has 8 heteroatoms. The van der Waals surface area contributed by atoms with Crippen LogP contribution in [0.2, 0.25) is 0 Å². The number of ketones is 1. The third-order valence-electron chi connectivity index (χ3n) is 3.95. The van der Waals surface area contributed by atoms with Crippen LogP contribution in [0.1, 0.15) is 31.8 Å². The van der Waals surface area contributed by atoms with Crippen LogP contribution in [0.15, 0.2) is 18.2 Å². The minimum Gasteiger partial charge on any atom is -0.507 e. The molecule has 0 saturated carbocycles. The normalized spacial score (nSPS) is 10.3. The third-order valence-corrected chi connectivity index (χ3v) is 3.95. The molecule has 0 heterocycles. The molecule has 0 aliphatic rings. The Morgan fingerprint density at radius 3 is 1.96 bits per heavy atom. The van der Waals surface area contributed by atoms with Gasteiger partial charge in [-0.05, 0) is 30.7 Å². The Morgan fingerprint density at radius 2 is 1.44 bits per heavy atom. The second kappa shape index (κ2) is 7.86. The predicted octanol–water partition coefficient (Wildman–Crippen LogP) is 2.45. The van der Waals surface area contributed by atoms with E-state index in [1.165, 1.54) is 40.6 Å². The fourth-order valence-corrected chi connectivity index (χ4v) is 2.72. The molecule has 0 radical (unpaired) electrons. The monoisotopic (exact) mass is 376 g/mol. The minimum atomic E-state index is -0.782. The predicted molar refractivity (Wildman–Crippen MR) is 95.4 cm³/mol. The van der Waals surface area contributed by atoms with Crippen LogP contribution in [0.5, 0.6) is 28.7 Å². The van der Waals surface area contributed by atoms with Crippen molar-refractivity contribution < 1.29 is 38.7 Å². The van der Waals surface area contributed by atoms with E-state index in [9.17, 15) is 19.8 Å². The van der Waals surface area contributed by atoms with E-state index in [4.69, 9.17) is 14.2 Å². The highest BCUT2D eigenvalue weighted by atomic mass is 16.5. The highest BCUT2D eigenvalue weighted by molar-refractivity contribution is 6.16. The summed E-state index contributed by atoms with van der Waals surface area (Å²) in [4.78, 5) is 25.1. The zero-order valence-electron chi connectivity index (χ0n) is 15.6. The molecule has 0 atom stereocenters. The lowest BCUT2D eigenvalue weighted by Crippen LogP contribution is -2.11. The first-order valence-corrected chi connectivity index (χ1v) is 7.79. The summed E-state index contributed by atoms with van der Waals surface area (Å²) >= 11 is 0. The van der Waals surface area contributed by atoms with Gasteiger partial charge in [0.05, 0.1) is 28.4 Å². The van der Waals surface area contributed by atoms with Gasteiger partial charge in [0.15, 0.2) is 11.5 Å². The van der Waals surface area contributed by atoms with Gasteiger partial charge in [-0.2, -0.15) is 0 Å². The van der Waals surface area contributed by atoms with Crippen molar-refractivity contribution >= 4 is 11.8 Å². The molecule has 2 N–H and O–H groups in total. The Kier molecular flexibility index (Phi) is 5.79. The lowest BCUT2D eigenvalue weighted by Gasteiger charge is -2.17. The number of esters is 1. The first-order chi connectivity index (χ1) is 12.8. The van der Waals surface area contributed by atoms with Crippen molar-refractivity contribution in [3.63, 3.8) is 0 Å². The van der Waals surface area contributed by atoms with Crippen molar-refractivity contribution in [3.8, 4) is 28.7 Å². The summed E-state index contributed by atoms with van der Waals surface area (Å²) in [7, 11) is 5.01. The van der Waals surface area contributed by atoms with Crippen LogP contribution in [-0.2, 0) is 4.74 Å². The average Bonchev–Trinajstić information content (AvgIpc) is 2.65. The zero-order chi connectivity index (χ0) is 20.3. The molecule has 2 rings (SSSR count). The summed E-state index contributed by atoms with van der Waals surface area (Å²) in [5.41, 5.74) is 0.103. The molecule has 0 unspecified atom stereocenters. The van der Waals surface area contributed by atoms with Gasteiger partial charge in [0, 0.05) is 0 Å². The van der Waals surface area contributed by atoms with Gasteiger partial charge in [0.25, 0.3) is 0 Å². The van der Waals surface area contributed by atoms with Gasteiger partial charge < -0.3 is 29.2 Å². The number of phenols is 2. The number of hydrogen-bond donors (Lipinski definition) is 2. The van der Waals surface area contributed by atoms with Gasteiger partial charge in [0.2, 0.25) is 5.78 Å². The molecule has 0 aliphatic heterocycles. The van der Waals surface area contributed by atoms with Crippen LogP contribution in [0.25, 0.3) is 0 Å². The van der Waals surface area contributed by atoms with Gasteiger partial charge in [0.1, 0.15) is 33.9 Å². The third kappa shape index (κ3) is 3.46. The number of ether oxygens (including phenoxy) is 4. The van der Waals surface area contributed by atoms with Crippen LogP contribution >= 0.6 is 0 Å². The molecule has 2 aromatic rings. The van der Waals surface area contributed by atoms with Crippen molar-refractivity contribution in [2.24, 2.45) is 0 Å². The molecule has 2 aromatic carbocycles. The molecule has 0 aromatic heterocycles. The SMILES string of the molecule is COC(=O)c1cc(OC)c(C(=O)c2c(O)cc(C)cc2OC)c(O)c1OC. The van der Waals surface area contributed by atoms with Gasteiger partial charge >= 0.3 is 5.97 Å². The molecule has 0 bridgehead atoms. The Hall–Kier alpha value is -3.42. The van der Waals surface area contributed by atoms with Crippen LogP contribution in [0, 0.1) is 6.92 Å². The molecule has 27 heavy (non-hydrogen) atoms. The van der Waals surface area contributed by atoms with E-state index in [0.717, 1.165) is 0 Å². The largest absolute Gasteiger partial charge is 0.507 e. The van der Waals surface area contributed by atoms with Crippen molar-refractivity contribution in [2.45, 2.75) is 6.92 Å². The number of benzene rings is 2. The second-order valence-corrected chi connectivity index (χ2v) is 5.57. The summed E-state index contributed by atoms with van der Waals surface area (Å²) in [5.74, 6) is -2.73. The maximum Gasteiger partial charge on any atom is 0.341 e. The number of hydrogen-bond acceptors (Lipinski definition) is 8. The Labute approximate surface area is 155 Å². The summed E-state index contributed by atoms with van der Waals surface area (Å²) < 4.78 is 20.1. The Bertz CT molecular complexity index is 901. The Morgan fingerprint density at radius 1 is 0.852 bits per heavy atom. The van der Waals surface area contributed by atoms with Crippen LogP contribution in [-0.4, -0.2) is 50.4 Å². The van der Waals surface area contributed by atoms with Gasteiger partial charge in [-0.3, -0.25) is 4.79 Å². The smallest absolute Gasteiger partial charge is 0.341 e. The van der Waals surface area contributed by atoms with E-state index in [1.807, 2.05) is 0 Å². The average molecular weight is 376 g/mol. The van der Waals surface area contributed by atoms with Crippen molar-refractivity contribution in [1.82, 2.24) is 0 Å². The molecule has 8 nitrogen and oxygen atoms in total. The molecule has 0 amide bonds. The van der Waals surface area contributed by atoms with E-state index in [1.54, 1.807) is 13.0 Å². The maximum absolute atomic E-state index is 13.1. The number of aryl methyl sites for hydroxylation is 1. The fourth-order valence-electron chi connectivity index (χ4n) is 2.72. The van der Waals surface area contributed by atoms with E-state index in [0.29, 0.717) is 5.56 Å². The summed E-state index contributed by atoms with van der Waals surface area (Å²) in [6.07, 6.45) is 0. The van der Waals surface area contributed by atoms with E-state index >= 15 is 0 Å². The number of carbonyl (C=O) groups is 2. The van der Waals surface area contributed by atoms with Crippen molar-refractivity contribution in [1.29, 1.82) is 0 Å². The standard InChI is InChI=1S/C19H20O8/c1-9-6-11(20)14(12(7-9)24-2)16(21)15-13(25-3)8-10(19(23)27-5)18(26-4)17(15)22/h6-8,20,22H,1-5H3. The molecule has 0 aliphatic carbocycles. The summed E-state index contributed by atoms with van der Waals surface area (Å²) in [5, 5.41) is 20.9. The number of rotatable bonds is 6. The quantitative estimate of drug-likeness (QED) is 0.584. The first kappa shape index (κ1) is 19.9. The number of phenolic OH excluding ortho intramolecular Hbond substituents is 2. The molecule has 0 saturated heterocycles. The van der Waals surface area contributed by atoms with Gasteiger partial charge in [-0.1, -0.05) is 0 Å². The van der Waals surface area contributed by atoms with Gasteiger partial charge in [-0.25, -0.2) is 4.79 Å². The van der Waals surface area contributed by atoms with Crippen LogP contribution < -0.4 is 14.2 Å². The number of aromatic hydroxyl groups is 2. The first-order valence-electron chi connectivity index (χ1n) is 7.79. The van der Waals surface area contributed by atoms with E-state index in [-0.39, 0.29) is 39.7 Å². The molecule has 0 spiro atoms. The maximum atomic E-state index is 13.1. The fraction of sp³-hybridized carbons (Fsp3) is 0.263. The molecular weight excluding hydrogens is 356 g/mol. The van der Waals surface area contributed by atoms with Crippen molar-refractivity contribution in [3.05, 3.63) is 40.5 Å². The topological polar surface area (TPSA) is 112 Å². The molecular formula is C19H20O8. The molecule has 0 fully saturated rings. The second-order valence-electron chi connectivity index (χ2n) is 5.57. The number of carbonyl (C=O) groups excluding carboxylic acids is 2. The van der Waals surface area contributed by atoms with Crippen LogP contribution in [0.4, 0.5) is 0 Å². The summed E-state index contributed by atoms with van der Waals surface area (Å²) in [6, 6.07) is 4.17. The van der Waals surface area contributed by atoms with Crippen LogP contribution in [0.3, 0.4) is 0 Å². The minimum absolute atomic E-state index is 0.0965. The summed E-state index contributed by atoms with van der Waals surface area (Å²) in [6.45, 7) is 1.72. The Balaban J connectivity index is 2.79. The van der Waals surface area contributed by atoms with Gasteiger partial charge in [-0.15, -0.1) is 0 Å². The lowest BCUT2D eigenvalue weighted by atomic mass is 9.96. The lowest BCUT2D eigenvalue weighted by molar-refractivity contribution is 0.0595. The highest BCUT2D eigenvalue weighted by Crippen LogP contribution is 2.43. The number of methoxy groups -OCH3 is 4. The van der Waals surface area contributed by atoms with E-state index < -0.39 is 17.5 Å². The van der Waals surface area contributed by atoms with Crippen molar-refractivity contribution in [2.75, 3.05) is 28.4 Å². The highest BCUT2D eigenvalue weighted by Gasteiger charge is 2.31. The zero-order valence-corrected chi connectivity index (χ0v) is 15.6. The molecule has 144 valence electrons.